The van der Waals surface area contributed by atoms with Crippen molar-refractivity contribution in [1.29, 1.82) is 5.26 Å². The Morgan fingerprint density at radius 3 is 2.57 bits per heavy atom. The average Bonchev–Trinajstić information content (AvgIpc) is 3.10. The molecule has 0 atom stereocenters. The van der Waals surface area contributed by atoms with Crippen LogP contribution in [0.2, 0.25) is 0 Å². The summed E-state index contributed by atoms with van der Waals surface area (Å²) in [4.78, 5) is 19.3. The summed E-state index contributed by atoms with van der Waals surface area (Å²) in [7, 11) is 0. The number of nitrogens with zero attached hydrogens (tertiary/aromatic N) is 3. The molecule has 28 heavy (non-hydrogen) atoms. The summed E-state index contributed by atoms with van der Waals surface area (Å²) in [5.74, 6) is 0.0978. The number of benzene rings is 2. The fourth-order valence-electron chi connectivity index (χ4n) is 3.42. The first-order valence-corrected chi connectivity index (χ1v) is 9.19. The minimum atomic E-state index is -0.635. The highest BCUT2D eigenvalue weighted by Gasteiger charge is 2.22. The van der Waals surface area contributed by atoms with Crippen LogP contribution in [0, 0.1) is 18.3 Å². The zero-order valence-corrected chi connectivity index (χ0v) is 15.9. The number of anilines is 1. The van der Waals surface area contributed by atoms with Crippen LogP contribution in [0.5, 0.6) is 0 Å². The number of hydrogen-bond donors (Lipinski definition) is 0. The molecule has 6 nitrogen and oxygen atoms in total. The number of fused-ring (bicyclic) bond motifs is 2. The van der Waals surface area contributed by atoms with Crippen molar-refractivity contribution in [2.75, 3.05) is 18.0 Å². The van der Waals surface area contributed by atoms with E-state index in [2.05, 4.69) is 29.8 Å². The first-order valence-electron chi connectivity index (χ1n) is 9.19. The van der Waals surface area contributed by atoms with E-state index < -0.39 is 5.63 Å². The molecule has 0 aliphatic rings. The molecule has 0 radical (unpaired) electrons. The lowest BCUT2D eigenvalue weighted by molar-refractivity contribution is 0.553. The van der Waals surface area contributed by atoms with E-state index in [1.54, 1.807) is 12.1 Å². The molecule has 2 aromatic heterocycles. The maximum Gasteiger partial charge on any atom is 0.350 e. The van der Waals surface area contributed by atoms with Crippen LogP contribution < -0.4 is 10.5 Å². The fraction of sp³-hybridized carbons (Fsp3) is 0.227. The topological polar surface area (TPSA) is 83.3 Å². The van der Waals surface area contributed by atoms with Gasteiger partial charge < -0.3 is 13.7 Å². The largest absolute Gasteiger partial charge is 0.436 e. The van der Waals surface area contributed by atoms with Crippen molar-refractivity contribution < 1.29 is 8.83 Å². The van der Waals surface area contributed by atoms with Crippen molar-refractivity contribution in [3.8, 4) is 17.5 Å². The van der Waals surface area contributed by atoms with E-state index in [4.69, 9.17) is 8.83 Å². The molecule has 0 N–H and O–H groups in total. The Bertz CT molecular complexity index is 1290. The summed E-state index contributed by atoms with van der Waals surface area (Å²) in [6.45, 7) is 7.72. The van der Waals surface area contributed by atoms with E-state index in [0.717, 1.165) is 24.3 Å². The molecule has 4 rings (SSSR count). The molecule has 140 valence electrons. The second kappa shape index (κ2) is 6.86. The van der Waals surface area contributed by atoms with Crippen LogP contribution in [0.4, 0.5) is 5.69 Å². The molecule has 0 amide bonds. The fourth-order valence-corrected chi connectivity index (χ4v) is 3.42. The van der Waals surface area contributed by atoms with Gasteiger partial charge in [-0.1, -0.05) is 6.07 Å². The molecule has 0 unspecified atom stereocenters. The third kappa shape index (κ3) is 2.81. The van der Waals surface area contributed by atoms with Gasteiger partial charge in [-0.25, -0.2) is 9.78 Å². The molecule has 6 heteroatoms. The maximum atomic E-state index is 12.7. The highest BCUT2D eigenvalue weighted by atomic mass is 16.4. The molecular weight excluding hydrogens is 354 g/mol. The van der Waals surface area contributed by atoms with Gasteiger partial charge >= 0.3 is 5.63 Å². The Labute approximate surface area is 161 Å². The van der Waals surface area contributed by atoms with Crippen LogP contribution >= 0.6 is 0 Å². The van der Waals surface area contributed by atoms with Gasteiger partial charge in [0, 0.05) is 30.2 Å². The summed E-state index contributed by atoms with van der Waals surface area (Å²) in [6.07, 6.45) is 0. The number of rotatable bonds is 4. The summed E-state index contributed by atoms with van der Waals surface area (Å²) in [5.41, 5.74) is 3.15. The zero-order chi connectivity index (χ0) is 19.8. The van der Waals surface area contributed by atoms with Gasteiger partial charge in [0.05, 0.1) is 5.56 Å². The lowest BCUT2D eigenvalue weighted by Gasteiger charge is -2.21. The van der Waals surface area contributed by atoms with Crippen molar-refractivity contribution in [3.63, 3.8) is 0 Å². The van der Waals surface area contributed by atoms with Crippen molar-refractivity contribution in [3.05, 3.63) is 57.9 Å². The zero-order valence-electron chi connectivity index (χ0n) is 15.9. The van der Waals surface area contributed by atoms with Crippen molar-refractivity contribution in [1.82, 2.24) is 4.98 Å². The van der Waals surface area contributed by atoms with Crippen molar-refractivity contribution in [2.45, 2.75) is 20.8 Å². The Morgan fingerprint density at radius 2 is 1.86 bits per heavy atom. The van der Waals surface area contributed by atoms with Gasteiger partial charge in [-0.3, -0.25) is 0 Å². The Kier molecular flexibility index (Phi) is 4.36. The van der Waals surface area contributed by atoms with E-state index in [-0.39, 0.29) is 17.0 Å². The molecule has 4 aromatic rings. The predicted octanol–water partition coefficient (Wildman–Crippen LogP) is 4.63. The van der Waals surface area contributed by atoms with Gasteiger partial charge in [-0.15, -0.1) is 0 Å². The third-order valence-electron chi connectivity index (χ3n) is 4.89. The number of hydrogen-bond acceptors (Lipinski definition) is 6. The standard InChI is InChI=1S/C22H19N3O3/c1-4-25(5-2)14-7-8-15-16(12-23)20(22(26)28-18(15)11-14)21-24-17-9-6-13(3)10-19(17)27-21/h6-11H,4-5H2,1-3H3. The predicted molar refractivity (Wildman–Crippen MR) is 109 cm³/mol. The van der Waals surface area contributed by atoms with E-state index in [0.29, 0.717) is 22.1 Å². The molecule has 0 fully saturated rings. The SMILES string of the molecule is CCN(CC)c1ccc2c(C#N)c(-c3nc4ccc(C)cc4o3)c(=O)oc2c1. The average molecular weight is 373 g/mol. The van der Waals surface area contributed by atoms with E-state index in [1.165, 1.54) is 0 Å². The number of aryl methyl sites for hydroxylation is 1. The van der Waals surface area contributed by atoms with Crippen LogP contribution in [0.3, 0.4) is 0 Å². The Morgan fingerprint density at radius 1 is 1.07 bits per heavy atom. The highest BCUT2D eigenvalue weighted by molar-refractivity contribution is 5.91. The molecule has 2 aromatic carbocycles. The summed E-state index contributed by atoms with van der Waals surface area (Å²) in [5, 5.41) is 10.3. The van der Waals surface area contributed by atoms with Crippen LogP contribution in [0.15, 0.2) is 50.0 Å². The molecule has 0 spiro atoms. The lowest BCUT2D eigenvalue weighted by Crippen LogP contribution is -2.21. The molecular formula is C22H19N3O3. The normalized spacial score (nSPS) is 11.1. The molecule has 0 bridgehead atoms. The van der Waals surface area contributed by atoms with Gasteiger partial charge in [0.25, 0.3) is 0 Å². The van der Waals surface area contributed by atoms with Gasteiger partial charge in [0.2, 0.25) is 5.89 Å². The Balaban J connectivity index is 1.96. The van der Waals surface area contributed by atoms with E-state index in [9.17, 15) is 10.1 Å². The second-order valence-corrected chi connectivity index (χ2v) is 6.59. The van der Waals surface area contributed by atoms with Crippen molar-refractivity contribution in [2.24, 2.45) is 0 Å². The van der Waals surface area contributed by atoms with E-state index in [1.807, 2.05) is 31.2 Å². The monoisotopic (exact) mass is 373 g/mol. The summed E-state index contributed by atoms with van der Waals surface area (Å²) >= 11 is 0. The second-order valence-electron chi connectivity index (χ2n) is 6.59. The Hall–Kier alpha value is -3.59. The van der Waals surface area contributed by atoms with E-state index >= 15 is 0 Å². The molecule has 0 saturated heterocycles. The molecule has 0 aliphatic carbocycles. The quantitative estimate of drug-likeness (QED) is 0.485. The van der Waals surface area contributed by atoms with Crippen LogP contribution in [0.25, 0.3) is 33.5 Å². The maximum absolute atomic E-state index is 12.7. The van der Waals surface area contributed by atoms with Gasteiger partial charge in [0.1, 0.15) is 22.7 Å². The molecule has 0 aliphatic heterocycles. The third-order valence-corrected chi connectivity index (χ3v) is 4.89. The number of nitriles is 1. The van der Waals surface area contributed by atoms with Gasteiger partial charge in [-0.05, 0) is 50.6 Å². The van der Waals surface area contributed by atoms with Gasteiger partial charge in [-0.2, -0.15) is 5.26 Å². The smallest absolute Gasteiger partial charge is 0.350 e. The summed E-state index contributed by atoms with van der Waals surface area (Å²) in [6, 6.07) is 13.2. The number of oxazole rings is 1. The first-order chi connectivity index (χ1) is 13.5. The van der Waals surface area contributed by atoms with Crippen LogP contribution in [-0.2, 0) is 0 Å². The molecule has 0 saturated carbocycles. The first kappa shape index (κ1) is 17.8. The lowest BCUT2D eigenvalue weighted by atomic mass is 10.0. The number of aromatic nitrogens is 1. The van der Waals surface area contributed by atoms with Crippen LogP contribution in [0.1, 0.15) is 25.0 Å². The van der Waals surface area contributed by atoms with Gasteiger partial charge in [0.15, 0.2) is 5.58 Å². The summed E-state index contributed by atoms with van der Waals surface area (Å²) < 4.78 is 11.3. The molecule has 2 heterocycles. The highest BCUT2D eigenvalue weighted by Crippen LogP contribution is 2.31. The minimum absolute atomic E-state index is 0.0550. The van der Waals surface area contributed by atoms with Crippen LogP contribution in [-0.4, -0.2) is 18.1 Å². The minimum Gasteiger partial charge on any atom is -0.436 e. The van der Waals surface area contributed by atoms with Crippen molar-refractivity contribution >= 4 is 27.8 Å².